The molecule has 14 heavy (non-hydrogen) atoms. The van der Waals surface area contributed by atoms with Gasteiger partial charge in [-0.05, 0) is 6.92 Å². The normalized spacial score (nSPS) is 15.9. The van der Waals surface area contributed by atoms with Crippen LogP contribution in [0.5, 0.6) is 0 Å². The Morgan fingerprint density at radius 1 is 1.43 bits per heavy atom. The van der Waals surface area contributed by atoms with Gasteiger partial charge >= 0.3 is 0 Å². The van der Waals surface area contributed by atoms with Gasteiger partial charge in [-0.3, -0.25) is 4.79 Å². The monoisotopic (exact) mass is 191 g/mol. The number of rotatable bonds is 1. The van der Waals surface area contributed by atoms with Gasteiger partial charge in [0.1, 0.15) is 17.3 Å². The van der Waals surface area contributed by atoms with Gasteiger partial charge in [-0.2, -0.15) is 10.1 Å². The van der Waals surface area contributed by atoms with Gasteiger partial charge in [0.25, 0.3) is 5.91 Å². The van der Waals surface area contributed by atoms with Crippen molar-refractivity contribution in [1.29, 1.82) is 0 Å². The van der Waals surface area contributed by atoms with E-state index in [1.807, 2.05) is 0 Å². The van der Waals surface area contributed by atoms with Gasteiger partial charge in [-0.25, -0.2) is 9.97 Å². The second kappa shape index (κ2) is 3.06. The highest BCUT2D eigenvalue weighted by Gasteiger charge is 2.23. The third kappa shape index (κ3) is 1.41. The quantitative estimate of drug-likeness (QED) is 0.665. The predicted octanol–water partition coefficient (Wildman–Crippen LogP) is -0.206. The van der Waals surface area contributed by atoms with E-state index in [2.05, 4.69) is 15.1 Å². The number of amides is 1. The Bertz CT molecular complexity index is 397. The van der Waals surface area contributed by atoms with Crippen molar-refractivity contribution in [2.24, 2.45) is 10.8 Å². The summed E-state index contributed by atoms with van der Waals surface area (Å²) >= 11 is 0. The molecular weight excluding hydrogens is 182 g/mol. The Kier molecular flexibility index (Phi) is 1.88. The van der Waals surface area contributed by atoms with Crippen molar-refractivity contribution in [3.63, 3.8) is 0 Å². The van der Waals surface area contributed by atoms with E-state index in [1.165, 1.54) is 5.01 Å². The molecule has 2 N–H and O–H groups in total. The molecule has 0 spiro atoms. The summed E-state index contributed by atoms with van der Waals surface area (Å²) in [6.45, 7) is 1.77. The lowest BCUT2D eigenvalue weighted by Crippen LogP contribution is -2.20. The molecule has 0 aromatic carbocycles. The minimum atomic E-state index is -0.157. The van der Waals surface area contributed by atoms with Crippen LogP contribution in [0.4, 0.5) is 5.69 Å². The molecule has 1 aliphatic rings. The number of carbonyl (C=O) groups is 1. The van der Waals surface area contributed by atoms with Gasteiger partial charge in [0, 0.05) is 0 Å². The Balaban J connectivity index is 2.32. The fraction of sp³-hybridized carbons (Fsp3) is 0.250. The fourth-order valence-corrected chi connectivity index (χ4v) is 1.15. The van der Waals surface area contributed by atoms with Crippen LogP contribution in [0.2, 0.25) is 0 Å². The highest BCUT2D eigenvalue weighted by atomic mass is 16.2. The molecule has 0 atom stereocenters. The summed E-state index contributed by atoms with van der Waals surface area (Å²) in [5, 5.41) is 5.08. The second-order valence-electron chi connectivity index (χ2n) is 2.96. The molecule has 0 fully saturated rings. The fourth-order valence-electron chi connectivity index (χ4n) is 1.15. The molecule has 6 heteroatoms. The molecule has 6 nitrogen and oxygen atoms in total. The van der Waals surface area contributed by atoms with E-state index in [0.717, 1.165) is 0 Å². The molecule has 2 rings (SSSR count). The molecule has 0 radical (unpaired) electrons. The summed E-state index contributed by atoms with van der Waals surface area (Å²) in [5.74, 6) is 0.808. The second-order valence-corrected chi connectivity index (χ2v) is 2.96. The Morgan fingerprint density at radius 3 is 2.57 bits per heavy atom. The number of nitrogens with zero attached hydrogens (tertiary/aromatic N) is 4. The van der Waals surface area contributed by atoms with Crippen molar-refractivity contribution in [3.8, 4) is 0 Å². The van der Waals surface area contributed by atoms with Gasteiger partial charge < -0.3 is 5.73 Å². The van der Waals surface area contributed by atoms with Crippen molar-refractivity contribution >= 4 is 17.4 Å². The molecular formula is C8H9N5O. The van der Waals surface area contributed by atoms with E-state index in [4.69, 9.17) is 5.73 Å². The maximum absolute atomic E-state index is 11.3. The van der Waals surface area contributed by atoms with E-state index < -0.39 is 0 Å². The SMILES string of the molecule is Cc1ncc(N2N=C(N)CC2=O)cn1. The maximum atomic E-state index is 11.3. The van der Waals surface area contributed by atoms with Gasteiger partial charge in [0.2, 0.25) is 0 Å². The lowest BCUT2D eigenvalue weighted by atomic mass is 10.4. The number of aryl methyl sites for hydroxylation is 1. The van der Waals surface area contributed by atoms with E-state index in [-0.39, 0.29) is 12.3 Å². The van der Waals surface area contributed by atoms with E-state index >= 15 is 0 Å². The standard InChI is InChI=1S/C8H9N5O/c1-5-10-3-6(4-11-5)13-8(14)2-7(9)12-13/h3-4H,2H2,1H3,(H2,9,12). The molecule has 0 saturated carbocycles. The molecule has 2 heterocycles. The number of hydrogen-bond donors (Lipinski definition) is 1. The highest BCUT2D eigenvalue weighted by Crippen LogP contribution is 2.16. The average Bonchev–Trinajstić information content (AvgIpc) is 2.47. The zero-order valence-corrected chi connectivity index (χ0v) is 7.64. The third-order valence-corrected chi connectivity index (χ3v) is 1.81. The Labute approximate surface area is 80.5 Å². The topological polar surface area (TPSA) is 84.5 Å². The van der Waals surface area contributed by atoms with E-state index in [1.54, 1.807) is 19.3 Å². The minimum Gasteiger partial charge on any atom is -0.385 e. The van der Waals surface area contributed by atoms with Crippen LogP contribution in [0.3, 0.4) is 0 Å². The molecule has 72 valence electrons. The lowest BCUT2D eigenvalue weighted by molar-refractivity contribution is -0.116. The van der Waals surface area contributed by atoms with Gasteiger partial charge in [0.15, 0.2) is 0 Å². The molecule has 0 saturated heterocycles. The number of aromatic nitrogens is 2. The van der Waals surface area contributed by atoms with Crippen LogP contribution in [-0.2, 0) is 4.79 Å². The van der Waals surface area contributed by atoms with E-state index in [9.17, 15) is 4.79 Å². The largest absolute Gasteiger partial charge is 0.385 e. The van der Waals surface area contributed by atoms with Crippen molar-refractivity contribution in [3.05, 3.63) is 18.2 Å². The first-order chi connectivity index (χ1) is 6.66. The van der Waals surface area contributed by atoms with Crippen molar-refractivity contribution in [2.75, 3.05) is 5.01 Å². The van der Waals surface area contributed by atoms with E-state index in [0.29, 0.717) is 17.3 Å². The number of carbonyl (C=O) groups excluding carboxylic acids is 1. The summed E-state index contributed by atoms with van der Waals surface area (Å²) < 4.78 is 0. The maximum Gasteiger partial charge on any atom is 0.255 e. The number of amidine groups is 1. The molecule has 0 aliphatic carbocycles. The number of anilines is 1. The van der Waals surface area contributed by atoms with Crippen LogP contribution in [-0.4, -0.2) is 21.7 Å². The van der Waals surface area contributed by atoms with Gasteiger partial charge in [-0.15, -0.1) is 0 Å². The average molecular weight is 191 g/mol. The summed E-state index contributed by atoms with van der Waals surface area (Å²) in [7, 11) is 0. The third-order valence-electron chi connectivity index (χ3n) is 1.81. The first-order valence-electron chi connectivity index (χ1n) is 4.11. The van der Waals surface area contributed by atoms with Crippen LogP contribution >= 0.6 is 0 Å². The molecule has 1 aromatic rings. The zero-order valence-electron chi connectivity index (χ0n) is 7.64. The predicted molar refractivity (Wildman–Crippen MR) is 50.5 cm³/mol. The van der Waals surface area contributed by atoms with Crippen LogP contribution in [0.25, 0.3) is 0 Å². The number of nitrogens with two attached hydrogens (primary N) is 1. The lowest BCUT2D eigenvalue weighted by Gasteiger charge is -2.09. The van der Waals surface area contributed by atoms with Crippen LogP contribution in [0.15, 0.2) is 17.5 Å². The highest BCUT2D eigenvalue weighted by molar-refractivity contribution is 6.11. The van der Waals surface area contributed by atoms with Crippen LogP contribution in [0.1, 0.15) is 12.2 Å². The number of hydrazone groups is 1. The van der Waals surface area contributed by atoms with Crippen molar-refractivity contribution in [2.45, 2.75) is 13.3 Å². The molecule has 0 unspecified atom stereocenters. The molecule has 1 aliphatic heterocycles. The van der Waals surface area contributed by atoms with Gasteiger partial charge in [-0.1, -0.05) is 0 Å². The minimum absolute atomic E-state index is 0.157. The van der Waals surface area contributed by atoms with Crippen LogP contribution in [0, 0.1) is 6.92 Å². The van der Waals surface area contributed by atoms with Crippen LogP contribution < -0.4 is 10.7 Å². The van der Waals surface area contributed by atoms with Gasteiger partial charge in [0.05, 0.1) is 18.8 Å². The summed E-state index contributed by atoms with van der Waals surface area (Å²) in [4.78, 5) is 19.3. The first kappa shape index (κ1) is 8.61. The van der Waals surface area contributed by atoms with Crippen molar-refractivity contribution in [1.82, 2.24) is 9.97 Å². The number of hydrogen-bond acceptors (Lipinski definition) is 5. The smallest absolute Gasteiger partial charge is 0.255 e. The Hall–Kier alpha value is -1.98. The summed E-state index contributed by atoms with van der Waals surface area (Å²) in [6.07, 6.45) is 3.25. The van der Waals surface area contributed by atoms with Crippen molar-refractivity contribution < 1.29 is 4.79 Å². The molecule has 1 aromatic heterocycles. The molecule has 1 amide bonds. The summed E-state index contributed by atoms with van der Waals surface area (Å²) in [5.41, 5.74) is 5.97. The first-order valence-corrected chi connectivity index (χ1v) is 4.11. The Morgan fingerprint density at radius 2 is 2.07 bits per heavy atom. The summed E-state index contributed by atoms with van der Waals surface area (Å²) in [6, 6.07) is 0. The zero-order chi connectivity index (χ0) is 10.1. The molecule has 0 bridgehead atoms.